The van der Waals surface area contributed by atoms with E-state index in [1.165, 1.54) is 0 Å². The Balaban J connectivity index is 0.00000256. The third kappa shape index (κ3) is 6.78. The number of rotatable bonds is 4. The van der Waals surface area contributed by atoms with Gasteiger partial charge < -0.3 is 11.1 Å². The lowest BCUT2D eigenvalue weighted by molar-refractivity contribution is 0.726. The van der Waals surface area contributed by atoms with E-state index in [0.717, 1.165) is 5.69 Å². The fourth-order valence-corrected chi connectivity index (χ4v) is 1.24. The number of guanidine groups is 1. The summed E-state index contributed by atoms with van der Waals surface area (Å²) in [6, 6.07) is 9.81. The van der Waals surface area contributed by atoms with Crippen LogP contribution in [0, 0.1) is 0 Å². The molecule has 0 atom stereocenters. The van der Waals surface area contributed by atoms with Gasteiger partial charge in [-0.1, -0.05) is 18.2 Å². The number of anilines is 1. The van der Waals surface area contributed by atoms with Crippen molar-refractivity contribution >= 4 is 47.4 Å². The molecule has 0 radical (unpaired) electrons. The molecule has 0 aliphatic carbocycles. The molecule has 96 valence electrons. The van der Waals surface area contributed by atoms with Crippen LogP contribution in [-0.2, 0) is 0 Å². The number of nitrogens with two attached hydrogens (primary N) is 1. The summed E-state index contributed by atoms with van der Waals surface area (Å²) in [5.74, 6) is 0.466. The van der Waals surface area contributed by atoms with E-state index in [1.54, 1.807) is 11.8 Å². The lowest BCUT2D eigenvalue weighted by atomic mass is 10.2. The zero-order valence-electron chi connectivity index (χ0n) is 10.4. The van der Waals surface area contributed by atoms with Crippen molar-refractivity contribution in [3.8, 4) is 0 Å². The molecule has 0 spiro atoms. The van der Waals surface area contributed by atoms with Crippen molar-refractivity contribution in [3.63, 3.8) is 0 Å². The smallest absolute Gasteiger partial charge is 0.193 e. The summed E-state index contributed by atoms with van der Waals surface area (Å²) >= 11 is 1.78. The molecule has 1 aromatic carbocycles. The number of hydrogen-bond donors (Lipinski definition) is 2. The second kappa shape index (κ2) is 7.81. The van der Waals surface area contributed by atoms with E-state index in [9.17, 15) is 0 Å². The van der Waals surface area contributed by atoms with E-state index in [4.69, 9.17) is 5.73 Å². The van der Waals surface area contributed by atoms with Crippen molar-refractivity contribution in [3.05, 3.63) is 30.3 Å². The average molecular weight is 365 g/mol. The molecule has 0 saturated heterocycles. The van der Waals surface area contributed by atoms with Crippen molar-refractivity contribution < 1.29 is 0 Å². The maximum Gasteiger partial charge on any atom is 0.193 e. The average Bonchev–Trinajstić information content (AvgIpc) is 2.28. The van der Waals surface area contributed by atoms with Crippen molar-refractivity contribution in [1.29, 1.82) is 0 Å². The Morgan fingerprint density at radius 1 is 1.35 bits per heavy atom. The third-order valence-corrected chi connectivity index (χ3v) is 3.46. The summed E-state index contributed by atoms with van der Waals surface area (Å²) in [7, 11) is 0. The van der Waals surface area contributed by atoms with Gasteiger partial charge in [-0.3, -0.25) is 4.99 Å². The number of thioether (sulfide) groups is 1. The topological polar surface area (TPSA) is 50.4 Å². The SMILES string of the molecule is CSC(C)(C)CN=C(N)Nc1ccccc1.I. The van der Waals surface area contributed by atoms with Crippen molar-refractivity contribution in [2.24, 2.45) is 10.7 Å². The van der Waals surface area contributed by atoms with E-state index < -0.39 is 0 Å². The Bertz CT molecular complexity index is 352. The van der Waals surface area contributed by atoms with Crippen LogP contribution in [0.5, 0.6) is 0 Å². The minimum Gasteiger partial charge on any atom is -0.370 e. The van der Waals surface area contributed by atoms with Crippen molar-refractivity contribution in [2.45, 2.75) is 18.6 Å². The maximum atomic E-state index is 5.80. The van der Waals surface area contributed by atoms with Crippen LogP contribution < -0.4 is 11.1 Å². The van der Waals surface area contributed by atoms with Gasteiger partial charge in [0.2, 0.25) is 0 Å². The Kier molecular flexibility index (Phi) is 7.61. The first kappa shape index (κ1) is 16.6. The van der Waals surface area contributed by atoms with Crippen LogP contribution in [0.3, 0.4) is 0 Å². The minimum absolute atomic E-state index is 0. The lowest BCUT2D eigenvalue weighted by Gasteiger charge is -2.19. The van der Waals surface area contributed by atoms with Crippen LogP contribution in [0.4, 0.5) is 5.69 Å². The highest BCUT2D eigenvalue weighted by Crippen LogP contribution is 2.20. The molecular weight excluding hydrogens is 345 g/mol. The number of halogens is 1. The Labute approximate surface area is 125 Å². The van der Waals surface area contributed by atoms with E-state index in [-0.39, 0.29) is 28.7 Å². The lowest BCUT2D eigenvalue weighted by Crippen LogP contribution is -2.26. The van der Waals surface area contributed by atoms with Crippen LogP contribution in [0.25, 0.3) is 0 Å². The number of nitrogens with zero attached hydrogens (tertiary/aromatic N) is 1. The summed E-state index contributed by atoms with van der Waals surface area (Å²) in [6.45, 7) is 5.01. The highest BCUT2D eigenvalue weighted by molar-refractivity contribution is 14.0. The molecular formula is C12H20IN3S. The first-order chi connectivity index (χ1) is 7.53. The normalized spacial score (nSPS) is 11.8. The van der Waals surface area contributed by atoms with Gasteiger partial charge in [-0.25, -0.2) is 0 Å². The van der Waals surface area contributed by atoms with E-state index in [0.29, 0.717) is 12.5 Å². The molecule has 3 N–H and O–H groups in total. The first-order valence-electron chi connectivity index (χ1n) is 5.21. The van der Waals surface area contributed by atoms with Gasteiger partial charge in [-0.15, -0.1) is 24.0 Å². The molecule has 17 heavy (non-hydrogen) atoms. The fourth-order valence-electron chi connectivity index (χ4n) is 1.05. The van der Waals surface area contributed by atoms with E-state index >= 15 is 0 Å². The van der Waals surface area contributed by atoms with Crippen LogP contribution >= 0.6 is 35.7 Å². The predicted molar refractivity (Wildman–Crippen MR) is 89.6 cm³/mol. The summed E-state index contributed by atoms with van der Waals surface area (Å²) < 4.78 is 0.128. The Morgan fingerprint density at radius 3 is 2.47 bits per heavy atom. The molecule has 1 rings (SSSR count). The molecule has 0 unspecified atom stereocenters. The van der Waals surface area contributed by atoms with Gasteiger partial charge in [0, 0.05) is 10.4 Å². The maximum absolute atomic E-state index is 5.80. The Hall–Kier alpha value is -0.430. The molecule has 0 aromatic heterocycles. The standard InChI is InChI=1S/C12H19N3S.HI/c1-12(2,16-3)9-14-11(13)15-10-7-5-4-6-8-10;/h4-8H,9H2,1-3H3,(H3,13,14,15);1H. The van der Waals surface area contributed by atoms with Crippen LogP contribution in [0.1, 0.15) is 13.8 Å². The van der Waals surface area contributed by atoms with Gasteiger partial charge in [-0.2, -0.15) is 11.8 Å². The van der Waals surface area contributed by atoms with Gasteiger partial charge in [-0.05, 0) is 32.2 Å². The predicted octanol–water partition coefficient (Wildman–Crippen LogP) is 3.17. The summed E-state index contributed by atoms with van der Waals surface area (Å²) in [4.78, 5) is 4.32. The molecule has 1 aromatic rings. The fraction of sp³-hybridized carbons (Fsp3) is 0.417. The molecule has 0 saturated carbocycles. The zero-order valence-corrected chi connectivity index (χ0v) is 13.6. The summed E-state index contributed by atoms with van der Waals surface area (Å²) in [5.41, 5.74) is 6.76. The second-order valence-corrected chi connectivity index (χ2v) is 5.67. The van der Waals surface area contributed by atoms with Gasteiger partial charge in [0.05, 0.1) is 6.54 Å². The molecule has 0 fully saturated rings. The number of aliphatic imine (C=N–C) groups is 1. The number of nitrogens with one attached hydrogen (secondary N) is 1. The van der Waals surface area contributed by atoms with Crippen LogP contribution in [0.15, 0.2) is 35.3 Å². The van der Waals surface area contributed by atoms with Gasteiger partial charge in [0.25, 0.3) is 0 Å². The van der Waals surface area contributed by atoms with Gasteiger partial charge in [0.15, 0.2) is 5.96 Å². The zero-order chi connectivity index (χ0) is 12.0. The van der Waals surface area contributed by atoms with Crippen molar-refractivity contribution in [2.75, 3.05) is 18.1 Å². The molecule has 3 nitrogen and oxygen atoms in total. The van der Waals surface area contributed by atoms with Gasteiger partial charge in [0.1, 0.15) is 0 Å². The number of hydrogen-bond acceptors (Lipinski definition) is 2. The summed E-state index contributed by atoms with van der Waals surface area (Å²) in [5, 5.41) is 3.06. The highest BCUT2D eigenvalue weighted by Gasteiger charge is 2.14. The molecule has 5 heteroatoms. The van der Waals surface area contributed by atoms with Crippen molar-refractivity contribution in [1.82, 2.24) is 0 Å². The monoisotopic (exact) mass is 365 g/mol. The van der Waals surface area contributed by atoms with Crippen LogP contribution in [-0.4, -0.2) is 23.5 Å². The van der Waals surface area contributed by atoms with Crippen LogP contribution in [0.2, 0.25) is 0 Å². The molecule has 0 aliphatic rings. The number of para-hydroxylation sites is 1. The van der Waals surface area contributed by atoms with E-state index in [2.05, 4.69) is 30.4 Å². The molecule has 0 heterocycles. The molecule has 0 bridgehead atoms. The number of benzene rings is 1. The third-order valence-electron chi connectivity index (χ3n) is 2.23. The first-order valence-corrected chi connectivity index (χ1v) is 6.43. The second-order valence-electron chi connectivity index (χ2n) is 4.16. The van der Waals surface area contributed by atoms with E-state index in [1.807, 2.05) is 30.3 Å². The highest BCUT2D eigenvalue weighted by atomic mass is 127. The molecule has 0 amide bonds. The quantitative estimate of drug-likeness (QED) is 0.490. The minimum atomic E-state index is 0. The van der Waals surface area contributed by atoms with Gasteiger partial charge >= 0.3 is 0 Å². The summed E-state index contributed by atoms with van der Waals surface area (Å²) in [6.07, 6.45) is 2.08. The largest absolute Gasteiger partial charge is 0.370 e. The Morgan fingerprint density at radius 2 is 1.94 bits per heavy atom. The molecule has 0 aliphatic heterocycles.